The van der Waals surface area contributed by atoms with Gasteiger partial charge in [0.15, 0.2) is 5.12 Å². The zero-order valence-electron chi connectivity index (χ0n) is 14.6. The monoisotopic (exact) mass is 390 g/mol. The molecule has 0 N–H and O–H groups in total. The van der Waals surface area contributed by atoms with E-state index in [1.54, 1.807) is 0 Å². The molecule has 0 aliphatic rings. The van der Waals surface area contributed by atoms with Crippen LogP contribution in [0.25, 0.3) is 6.08 Å². The van der Waals surface area contributed by atoms with Crippen LogP contribution in [-0.2, 0) is 9.59 Å². The lowest BCUT2D eigenvalue weighted by Crippen LogP contribution is -2.03. The number of carbonyl (C=O) groups is 2. The Kier molecular flexibility index (Phi) is 7.08. The predicted octanol–water partition coefficient (Wildman–Crippen LogP) is 6.10. The molecule has 0 amide bonds. The Morgan fingerprint density at radius 1 is 0.667 bits per heavy atom. The third kappa shape index (κ3) is 6.27. The second-order valence-corrected chi connectivity index (χ2v) is 7.92. The highest BCUT2D eigenvalue weighted by atomic mass is 32.2. The van der Waals surface area contributed by atoms with E-state index >= 15 is 0 Å². The summed E-state index contributed by atoms with van der Waals surface area (Å²) in [5.41, 5.74) is 1.41. The van der Waals surface area contributed by atoms with E-state index in [9.17, 15) is 9.59 Å². The molecule has 0 heterocycles. The van der Waals surface area contributed by atoms with E-state index in [1.807, 2.05) is 97.1 Å². The van der Waals surface area contributed by atoms with Gasteiger partial charge in [-0.1, -0.05) is 78.5 Å². The summed E-state index contributed by atoms with van der Waals surface area (Å²) >= 11 is 2.32. The predicted molar refractivity (Wildman–Crippen MR) is 114 cm³/mol. The van der Waals surface area contributed by atoms with Crippen molar-refractivity contribution in [3.63, 3.8) is 0 Å². The van der Waals surface area contributed by atoms with Crippen LogP contribution in [0, 0.1) is 0 Å². The molecule has 0 atom stereocenters. The minimum absolute atomic E-state index is 0.0506. The van der Waals surface area contributed by atoms with Gasteiger partial charge in [-0.3, -0.25) is 9.59 Å². The number of hydrogen-bond acceptors (Lipinski definition) is 4. The van der Waals surface area contributed by atoms with Gasteiger partial charge in [-0.2, -0.15) is 0 Å². The first-order valence-corrected chi connectivity index (χ1v) is 10.1. The summed E-state index contributed by atoms with van der Waals surface area (Å²) in [4.78, 5) is 27.1. The maximum absolute atomic E-state index is 12.8. The minimum atomic E-state index is -0.105. The first kappa shape index (κ1) is 19.2. The van der Waals surface area contributed by atoms with Gasteiger partial charge in [0.25, 0.3) is 0 Å². The van der Waals surface area contributed by atoms with Gasteiger partial charge in [-0.05, 0) is 47.7 Å². The van der Waals surface area contributed by atoms with Crippen molar-refractivity contribution in [1.29, 1.82) is 0 Å². The molecule has 0 bridgehead atoms. The van der Waals surface area contributed by atoms with Gasteiger partial charge in [-0.15, -0.1) is 0 Å². The molecule has 0 unspecified atom stereocenters. The topological polar surface area (TPSA) is 34.1 Å². The average molecular weight is 391 g/mol. The maximum Gasteiger partial charge on any atom is 0.220 e. The molecule has 0 aliphatic heterocycles. The van der Waals surface area contributed by atoms with E-state index < -0.39 is 0 Å². The molecule has 0 saturated heterocycles. The molecular weight excluding hydrogens is 372 g/mol. The molecule has 3 aromatic carbocycles. The maximum atomic E-state index is 12.8. The van der Waals surface area contributed by atoms with E-state index in [0.717, 1.165) is 38.9 Å². The molecule has 4 heteroatoms. The first-order valence-electron chi connectivity index (χ1n) is 8.49. The summed E-state index contributed by atoms with van der Waals surface area (Å²) in [6.45, 7) is 0. The molecule has 3 aromatic rings. The lowest BCUT2D eigenvalue weighted by molar-refractivity contribution is -0.112. The van der Waals surface area contributed by atoms with Crippen molar-refractivity contribution in [2.75, 3.05) is 0 Å². The van der Waals surface area contributed by atoms with Crippen molar-refractivity contribution >= 4 is 39.8 Å². The lowest BCUT2D eigenvalue weighted by Gasteiger charge is -2.07. The second-order valence-electron chi connectivity index (χ2n) is 5.75. The molecule has 0 spiro atoms. The van der Waals surface area contributed by atoms with Gasteiger partial charge < -0.3 is 0 Å². The number of thioether (sulfide) groups is 2. The quantitative estimate of drug-likeness (QED) is 0.376. The minimum Gasteiger partial charge on any atom is -0.286 e. The van der Waals surface area contributed by atoms with Crippen molar-refractivity contribution in [3.05, 3.63) is 102 Å². The summed E-state index contributed by atoms with van der Waals surface area (Å²) in [7, 11) is 0. The Morgan fingerprint density at radius 2 is 1.15 bits per heavy atom. The molecule has 2 nitrogen and oxygen atoms in total. The van der Waals surface area contributed by atoms with Crippen molar-refractivity contribution in [2.45, 2.75) is 16.2 Å². The summed E-state index contributed by atoms with van der Waals surface area (Å²) in [5, 5.41) is -0.155. The smallest absolute Gasteiger partial charge is 0.220 e. The largest absolute Gasteiger partial charge is 0.286 e. The standard InChI is InChI=1S/C23H18O2S2/c24-22(26-20-12-6-2-7-13-20)17-19(16-18-10-4-1-5-11-18)23(25)27-21-14-8-3-9-15-21/h1-16H,17H2/b19-16-. The van der Waals surface area contributed by atoms with Crippen LogP contribution in [-0.4, -0.2) is 10.2 Å². The molecule has 134 valence electrons. The third-order valence-corrected chi connectivity index (χ3v) is 5.50. The van der Waals surface area contributed by atoms with Crippen LogP contribution < -0.4 is 0 Å². The fraction of sp³-hybridized carbons (Fsp3) is 0.0435. The fourth-order valence-corrected chi connectivity index (χ4v) is 3.96. The van der Waals surface area contributed by atoms with Gasteiger partial charge in [0.05, 0.1) is 0 Å². The summed E-state index contributed by atoms with van der Waals surface area (Å²) in [5.74, 6) is 0. The fourth-order valence-electron chi connectivity index (χ4n) is 2.41. The van der Waals surface area contributed by atoms with Crippen LogP contribution in [0.1, 0.15) is 12.0 Å². The number of rotatable bonds is 6. The zero-order chi connectivity index (χ0) is 18.9. The van der Waals surface area contributed by atoms with E-state index in [2.05, 4.69) is 0 Å². The molecule has 3 rings (SSSR count). The number of carbonyl (C=O) groups excluding carboxylic acids is 2. The Hall–Kier alpha value is -2.56. The zero-order valence-corrected chi connectivity index (χ0v) is 16.2. The highest BCUT2D eigenvalue weighted by Crippen LogP contribution is 2.28. The van der Waals surface area contributed by atoms with Gasteiger partial charge in [0.2, 0.25) is 5.12 Å². The van der Waals surface area contributed by atoms with Crippen LogP contribution in [0.4, 0.5) is 0 Å². The van der Waals surface area contributed by atoms with Crippen molar-refractivity contribution in [2.24, 2.45) is 0 Å². The average Bonchev–Trinajstić information content (AvgIpc) is 2.70. The Morgan fingerprint density at radius 3 is 1.70 bits per heavy atom. The van der Waals surface area contributed by atoms with Crippen LogP contribution in [0.2, 0.25) is 0 Å². The molecule has 0 saturated carbocycles. The normalized spacial score (nSPS) is 11.2. The summed E-state index contributed by atoms with van der Waals surface area (Å²) in [6, 6.07) is 28.6. The highest BCUT2D eigenvalue weighted by Gasteiger charge is 2.16. The molecule has 0 radical (unpaired) electrons. The third-order valence-electron chi connectivity index (χ3n) is 3.67. The van der Waals surface area contributed by atoms with Crippen LogP contribution in [0.15, 0.2) is 106 Å². The Balaban J connectivity index is 1.78. The van der Waals surface area contributed by atoms with Crippen LogP contribution in [0.3, 0.4) is 0 Å². The summed E-state index contributed by atoms with van der Waals surface area (Å²) in [6.07, 6.45) is 1.90. The molecule has 0 aromatic heterocycles. The van der Waals surface area contributed by atoms with Gasteiger partial charge in [-0.25, -0.2) is 0 Å². The van der Waals surface area contributed by atoms with Gasteiger partial charge in [0.1, 0.15) is 0 Å². The van der Waals surface area contributed by atoms with Crippen molar-refractivity contribution in [1.82, 2.24) is 0 Å². The lowest BCUT2D eigenvalue weighted by atomic mass is 10.1. The number of benzene rings is 3. The van der Waals surface area contributed by atoms with Crippen LogP contribution in [0.5, 0.6) is 0 Å². The van der Waals surface area contributed by atoms with Gasteiger partial charge >= 0.3 is 0 Å². The molecule has 0 fully saturated rings. The van der Waals surface area contributed by atoms with E-state index in [0.29, 0.717) is 5.57 Å². The van der Waals surface area contributed by atoms with E-state index in [-0.39, 0.29) is 16.7 Å². The Bertz CT molecular complexity index is 920. The van der Waals surface area contributed by atoms with Gasteiger partial charge in [0, 0.05) is 21.8 Å². The molecule has 27 heavy (non-hydrogen) atoms. The number of hydrogen-bond donors (Lipinski definition) is 0. The highest BCUT2D eigenvalue weighted by molar-refractivity contribution is 8.14. The van der Waals surface area contributed by atoms with Crippen LogP contribution >= 0.6 is 23.5 Å². The van der Waals surface area contributed by atoms with E-state index in [1.165, 1.54) is 0 Å². The summed E-state index contributed by atoms with van der Waals surface area (Å²) < 4.78 is 0. The second kappa shape index (κ2) is 9.95. The molecule has 0 aliphatic carbocycles. The van der Waals surface area contributed by atoms with Crippen molar-refractivity contribution < 1.29 is 9.59 Å². The molecular formula is C23H18O2S2. The Labute approximate surface area is 167 Å². The van der Waals surface area contributed by atoms with Crippen molar-refractivity contribution in [3.8, 4) is 0 Å². The SMILES string of the molecule is O=C(C/C(=C/c1ccccc1)C(=O)Sc1ccccc1)Sc1ccccc1. The first-order chi connectivity index (χ1) is 13.2. The van der Waals surface area contributed by atoms with E-state index in [4.69, 9.17) is 0 Å².